The highest BCUT2D eigenvalue weighted by molar-refractivity contribution is 6.02. The van der Waals surface area contributed by atoms with Crippen LogP contribution >= 0.6 is 0 Å². The van der Waals surface area contributed by atoms with Crippen LogP contribution in [0.1, 0.15) is 36.8 Å². The Morgan fingerprint density at radius 1 is 1.22 bits per heavy atom. The maximum absolute atomic E-state index is 12.5. The van der Waals surface area contributed by atoms with Crippen LogP contribution in [-0.2, 0) is 0 Å². The molecule has 118 valence electrons. The van der Waals surface area contributed by atoms with Crippen molar-refractivity contribution in [3.05, 3.63) is 54.6 Å². The van der Waals surface area contributed by atoms with Crippen molar-refractivity contribution >= 4 is 11.9 Å². The Morgan fingerprint density at radius 2 is 2.00 bits per heavy atom. The summed E-state index contributed by atoms with van der Waals surface area (Å²) in [6.45, 7) is 4.08. The summed E-state index contributed by atoms with van der Waals surface area (Å²) in [5.74, 6) is 0.117. The minimum atomic E-state index is -0.256. The van der Waals surface area contributed by atoms with Crippen molar-refractivity contribution in [1.82, 2.24) is 24.5 Å². The number of benzene rings is 1. The van der Waals surface area contributed by atoms with Gasteiger partial charge in [0.05, 0.1) is 5.69 Å². The number of nitrogens with one attached hydrogen (secondary N) is 1. The lowest BCUT2D eigenvalue weighted by Gasteiger charge is -2.13. The number of amides is 1. The lowest BCUT2D eigenvalue weighted by Crippen LogP contribution is -2.21. The van der Waals surface area contributed by atoms with Crippen molar-refractivity contribution in [3.8, 4) is 5.69 Å². The number of hydrogen-bond donors (Lipinski definition) is 1. The molecule has 3 rings (SSSR count). The van der Waals surface area contributed by atoms with Gasteiger partial charge in [0.2, 0.25) is 5.95 Å². The largest absolute Gasteiger partial charge is 0.289 e. The monoisotopic (exact) mass is 310 g/mol. The molecule has 2 heterocycles. The third-order valence-electron chi connectivity index (χ3n) is 3.69. The second-order valence-electron chi connectivity index (χ2n) is 5.20. The second kappa shape index (κ2) is 6.43. The van der Waals surface area contributed by atoms with Gasteiger partial charge < -0.3 is 0 Å². The first-order chi connectivity index (χ1) is 11.2. The number of hydrogen-bond acceptors (Lipinski definition) is 4. The van der Waals surface area contributed by atoms with Crippen molar-refractivity contribution in [2.24, 2.45) is 0 Å². The van der Waals surface area contributed by atoms with E-state index in [0.717, 1.165) is 12.1 Å². The van der Waals surface area contributed by atoms with Crippen LogP contribution in [0.3, 0.4) is 0 Å². The highest BCUT2D eigenvalue weighted by atomic mass is 16.2. The molecule has 1 atom stereocenters. The molecular weight excluding hydrogens is 292 g/mol. The Hall–Kier alpha value is -2.96. The number of carbonyl (C=O) groups is 1. The van der Waals surface area contributed by atoms with E-state index >= 15 is 0 Å². The predicted octanol–water partition coefficient (Wildman–Crippen LogP) is 2.69. The molecule has 0 aliphatic rings. The molecule has 0 aliphatic carbocycles. The zero-order chi connectivity index (χ0) is 16.2. The molecule has 7 nitrogen and oxygen atoms in total. The summed E-state index contributed by atoms with van der Waals surface area (Å²) in [4.78, 5) is 16.7. The molecule has 0 spiro atoms. The number of carbonyl (C=O) groups excluding carboxylic acids is 1. The Balaban J connectivity index is 1.85. The van der Waals surface area contributed by atoms with Gasteiger partial charge in [-0.3, -0.25) is 14.8 Å². The summed E-state index contributed by atoms with van der Waals surface area (Å²) in [7, 11) is 0. The van der Waals surface area contributed by atoms with Gasteiger partial charge >= 0.3 is 0 Å². The normalized spacial score (nSPS) is 12.1. The van der Waals surface area contributed by atoms with Gasteiger partial charge in [-0.25, -0.2) is 0 Å². The van der Waals surface area contributed by atoms with Gasteiger partial charge in [-0.15, -0.1) is 0 Å². The van der Waals surface area contributed by atoms with Crippen LogP contribution in [0.25, 0.3) is 5.69 Å². The average Bonchev–Trinajstić information content (AvgIpc) is 3.24. The highest BCUT2D eigenvalue weighted by Gasteiger charge is 2.18. The predicted molar refractivity (Wildman–Crippen MR) is 86.5 cm³/mol. The van der Waals surface area contributed by atoms with Crippen LogP contribution in [0.4, 0.5) is 5.95 Å². The molecular formula is C16H18N6O. The molecule has 0 fully saturated rings. The van der Waals surface area contributed by atoms with E-state index in [-0.39, 0.29) is 11.9 Å². The molecule has 23 heavy (non-hydrogen) atoms. The van der Waals surface area contributed by atoms with Gasteiger partial charge in [-0.2, -0.15) is 19.9 Å². The molecule has 1 N–H and O–H groups in total. The molecule has 3 aromatic rings. The molecule has 0 saturated carbocycles. The Morgan fingerprint density at radius 3 is 2.74 bits per heavy atom. The molecule has 7 heteroatoms. The topological polar surface area (TPSA) is 77.6 Å². The van der Waals surface area contributed by atoms with E-state index in [0.29, 0.717) is 11.6 Å². The fourth-order valence-corrected chi connectivity index (χ4v) is 2.27. The van der Waals surface area contributed by atoms with Crippen molar-refractivity contribution in [2.45, 2.75) is 26.3 Å². The maximum atomic E-state index is 12.5. The summed E-state index contributed by atoms with van der Waals surface area (Å²) in [6, 6.07) is 11.4. The van der Waals surface area contributed by atoms with Crippen LogP contribution in [0.2, 0.25) is 0 Å². The second-order valence-corrected chi connectivity index (χ2v) is 5.20. The van der Waals surface area contributed by atoms with Crippen molar-refractivity contribution in [2.75, 3.05) is 5.32 Å². The number of rotatable bonds is 5. The van der Waals surface area contributed by atoms with Gasteiger partial charge in [-0.05, 0) is 31.5 Å². The molecule has 0 aliphatic heterocycles. The van der Waals surface area contributed by atoms with Gasteiger partial charge in [0, 0.05) is 12.2 Å². The molecule has 2 aromatic heterocycles. The van der Waals surface area contributed by atoms with Crippen LogP contribution in [0, 0.1) is 0 Å². The van der Waals surface area contributed by atoms with E-state index in [2.05, 4.69) is 27.4 Å². The lowest BCUT2D eigenvalue weighted by atomic mass is 10.2. The average molecular weight is 310 g/mol. The molecule has 1 amide bonds. The number of para-hydroxylation sites is 1. The van der Waals surface area contributed by atoms with E-state index in [1.807, 2.05) is 37.3 Å². The van der Waals surface area contributed by atoms with Crippen LogP contribution in [0.15, 0.2) is 48.9 Å². The van der Waals surface area contributed by atoms with Gasteiger partial charge in [0.25, 0.3) is 5.91 Å². The van der Waals surface area contributed by atoms with Crippen molar-refractivity contribution < 1.29 is 4.79 Å². The highest BCUT2D eigenvalue weighted by Crippen LogP contribution is 2.15. The number of anilines is 1. The van der Waals surface area contributed by atoms with Gasteiger partial charge in [0.1, 0.15) is 12.0 Å². The van der Waals surface area contributed by atoms with E-state index in [4.69, 9.17) is 0 Å². The third kappa shape index (κ3) is 2.98. The SMILES string of the molecule is CCC(C)n1nccc1C(=O)Nc1ncnn1-c1ccccc1. The Kier molecular flexibility index (Phi) is 4.18. The third-order valence-corrected chi connectivity index (χ3v) is 3.69. The molecule has 1 unspecified atom stereocenters. The Labute approximate surface area is 134 Å². The smallest absolute Gasteiger partial charge is 0.276 e. The van der Waals surface area contributed by atoms with E-state index < -0.39 is 0 Å². The summed E-state index contributed by atoms with van der Waals surface area (Å²) in [6.07, 6.45) is 3.93. The van der Waals surface area contributed by atoms with E-state index in [1.54, 1.807) is 21.6 Å². The minimum Gasteiger partial charge on any atom is -0.289 e. The molecule has 0 radical (unpaired) electrons. The standard InChI is InChI=1S/C16H18N6O/c1-3-12(2)21-14(9-10-18-21)15(23)20-16-17-11-19-22(16)13-7-5-4-6-8-13/h4-12H,3H2,1-2H3,(H,17,19,20,23). The first-order valence-corrected chi connectivity index (χ1v) is 7.51. The summed E-state index contributed by atoms with van der Waals surface area (Å²) >= 11 is 0. The quantitative estimate of drug-likeness (QED) is 0.786. The minimum absolute atomic E-state index is 0.151. The Bertz CT molecular complexity index is 792. The molecule has 1 aromatic carbocycles. The molecule has 0 bridgehead atoms. The van der Waals surface area contributed by atoms with E-state index in [1.165, 1.54) is 6.33 Å². The maximum Gasteiger partial charge on any atom is 0.276 e. The lowest BCUT2D eigenvalue weighted by molar-refractivity contribution is 0.101. The van der Waals surface area contributed by atoms with Crippen LogP contribution in [0.5, 0.6) is 0 Å². The summed E-state index contributed by atoms with van der Waals surface area (Å²) < 4.78 is 3.31. The fourth-order valence-electron chi connectivity index (χ4n) is 2.27. The van der Waals surface area contributed by atoms with Gasteiger partial charge in [-0.1, -0.05) is 25.1 Å². The first-order valence-electron chi connectivity index (χ1n) is 7.51. The van der Waals surface area contributed by atoms with Crippen molar-refractivity contribution in [1.29, 1.82) is 0 Å². The van der Waals surface area contributed by atoms with Crippen molar-refractivity contribution in [3.63, 3.8) is 0 Å². The van der Waals surface area contributed by atoms with Crippen LogP contribution in [-0.4, -0.2) is 30.5 Å². The fraction of sp³-hybridized carbons (Fsp3) is 0.250. The molecule has 0 saturated heterocycles. The van der Waals surface area contributed by atoms with Gasteiger partial charge in [0.15, 0.2) is 0 Å². The zero-order valence-electron chi connectivity index (χ0n) is 13.0. The zero-order valence-corrected chi connectivity index (χ0v) is 13.0. The van der Waals surface area contributed by atoms with E-state index in [9.17, 15) is 4.79 Å². The number of aromatic nitrogens is 5. The first kappa shape index (κ1) is 15.0. The summed E-state index contributed by atoms with van der Waals surface area (Å²) in [5.41, 5.74) is 1.33. The number of nitrogens with zero attached hydrogens (tertiary/aromatic N) is 5. The van der Waals surface area contributed by atoms with Crippen LogP contribution < -0.4 is 5.32 Å². The summed E-state index contributed by atoms with van der Waals surface area (Å²) in [5, 5.41) is 11.2.